The first kappa shape index (κ1) is 16.0. The Morgan fingerprint density at radius 1 is 1.52 bits per heavy atom. The Bertz CT molecular complexity index is 996. The molecule has 0 spiro atoms. The molecule has 1 aliphatic heterocycles. The van der Waals surface area contributed by atoms with Crippen molar-refractivity contribution in [1.82, 2.24) is 24.6 Å². The predicted octanol–water partition coefficient (Wildman–Crippen LogP) is 1.63. The van der Waals surface area contributed by atoms with Gasteiger partial charge in [0.05, 0.1) is 5.52 Å². The summed E-state index contributed by atoms with van der Waals surface area (Å²) in [6, 6.07) is 1.74. The summed E-state index contributed by atoms with van der Waals surface area (Å²) in [6.07, 6.45) is 2.31. The molecular formula is C16H15ClFN5O2. The van der Waals surface area contributed by atoms with Crippen LogP contribution in [-0.2, 0) is 24.8 Å². The molecule has 0 atom stereocenters. The van der Waals surface area contributed by atoms with Gasteiger partial charge in [0, 0.05) is 49.4 Å². The topological polar surface area (TPSA) is 87.0 Å². The number of carbonyl (C=O) groups is 1. The van der Waals surface area contributed by atoms with E-state index in [0.717, 1.165) is 11.3 Å². The maximum atomic E-state index is 14.2. The Morgan fingerprint density at radius 3 is 3.00 bits per heavy atom. The Kier molecular flexibility index (Phi) is 3.73. The van der Waals surface area contributed by atoms with Gasteiger partial charge >= 0.3 is 0 Å². The zero-order valence-electron chi connectivity index (χ0n) is 13.4. The minimum atomic E-state index is -0.767. The number of nitrogens with one attached hydrogen (secondary N) is 1. The Morgan fingerprint density at radius 2 is 2.32 bits per heavy atom. The zero-order valence-corrected chi connectivity index (χ0v) is 14.1. The van der Waals surface area contributed by atoms with Gasteiger partial charge < -0.3 is 15.0 Å². The number of aromatic amines is 1. The van der Waals surface area contributed by atoms with E-state index in [9.17, 15) is 9.18 Å². The lowest BCUT2D eigenvalue weighted by molar-refractivity contribution is -0.135. The van der Waals surface area contributed by atoms with Crippen LogP contribution in [0.3, 0.4) is 0 Å². The standard InChI is InChI=1S/C16H15ClFN5O2/c1-22-4-2-10(21-22)14-12-8-6-23(11(25)7-24)5-3-9(8)19-15(12)13(17)16(18)20-14/h2,4,19,24H,3,5-7H2,1H3. The van der Waals surface area contributed by atoms with Crippen LogP contribution in [0.5, 0.6) is 0 Å². The molecule has 130 valence electrons. The van der Waals surface area contributed by atoms with Gasteiger partial charge in [0.2, 0.25) is 11.9 Å². The number of halogens is 2. The van der Waals surface area contributed by atoms with Crippen LogP contribution < -0.4 is 0 Å². The highest BCUT2D eigenvalue weighted by molar-refractivity contribution is 6.35. The molecule has 3 aromatic rings. The minimum absolute atomic E-state index is 0.0795. The number of hydrogen-bond acceptors (Lipinski definition) is 4. The monoisotopic (exact) mass is 363 g/mol. The van der Waals surface area contributed by atoms with E-state index in [1.165, 1.54) is 0 Å². The average Bonchev–Trinajstić information content (AvgIpc) is 3.20. The van der Waals surface area contributed by atoms with Crippen LogP contribution in [0.1, 0.15) is 11.3 Å². The van der Waals surface area contributed by atoms with E-state index in [-0.39, 0.29) is 10.9 Å². The summed E-state index contributed by atoms with van der Waals surface area (Å²) in [5.41, 5.74) is 3.09. The maximum absolute atomic E-state index is 14.2. The van der Waals surface area contributed by atoms with Crippen LogP contribution in [-0.4, -0.2) is 48.8 Å². The van der Waals surface area contributed by atoms with Crippen molar-refractivity contribution < 1.29 is 14.3 Å². The molecule has 0 aliphatic carbocycles. The summed E-state index contributed by atoms with van der Waals surface area (Å²) in [6.45, 7) is 0.238. The van der Waals surface area contributed by atoms with E-state index in [1.54, 1.807) is 28.9 Å². The third-order valence-corrected chi connectivity index (χ3v) is 4.81. The lowest BCUT2D eigenvalue weighted by Gasteiger charge is -2.26. The molecule has 0 aromatic carbocycles. The molecule has 0 saturated carbocycles. The van der Waals surface area contributed by atoms with Gasteiger partial charge in [-0.2, -0.15) is 9.49 Å². The second kappa shape index (κ2) is 5.82. The summed E-state index contributed by atoms with van der Waals surface area (Å²) in [5, 5.41) is 14.0. The van der Waals surface area contributed by atoms with E-state index in [2.05, 4.69) is 15.1 Å². The number of amides is 1. The first-order valence-electron chi connectivity index (χ1n) is 7.76. The number of nitrogens with zero attached hydrogens (tertiary/aromatic N) is 4. The van der Waals surface area contributed by atoms with Gasteiger partial charge in [-0.05, 0) is 6.07 Å². The molecule has 0 fully saturated rings. The molecule has 1 aliphatic rings. The molecule has 0 saturated heterocycles. The second-order valence-electron chi connectivity index (χ2n) is 6.00. The van der Waals surface area contributed by atoms with Crippen molar-refractivity contribution in [3.05, 3.63) is 34.5 Å². The molecule has 4 heterocycles. The number of carbonyl (C=O) groups excluding carboxylic acids is 1. The smallest absolute Gasteiger partial charge is 0.248 e. The number of aromatic nitrogens is 4. The number of hydrogen-bond donors (Lipinski definition) is 2. The molecule has 1 amide bonds. The Hall–Kier alpha value is -2.45. The van der Waals surface area contributed by atoms with E-state index in [0.29, 0.717) is 41.8 Å². The van der Waals surface area contributed by atoms with Gasteiger partial charge in [0.15, 0.2) is 0 Å². The average molecular weight is 364 g/mol. The van der Waals surface area contributed by atoms with Crippen LogP contribution in [0, 0.1) is 5.95 Å². The van der Waals surface area contributed by atoms with E-state index < -0.39 is 12.6 Å². The molecule has 9 heteroatoms. The van der Waals surface area contributed by atoms with Gasteiger partial charge in [-0.15, -0.1) is 0 Å². The molecule has 3 aromatic heterocycles. The highest BCUT2D eigenvalue weighted by Gasteiger charge is 2.28. The van der Waals surface area contributed by atoms with Gasteiger partial charge in [0.25, 0.3) is 0 Å². The number of rotatable bonds is 2. The summed E-state index contributed by atoms with van der Waals surface area (Å²) >= 11 is 6.12. The zero-order chi connectivity index (χ0) is 17.7. The fourth-order valence-electron chi connectivity index (χ4n) is 3.27. The number of aliphatic hydroxyl groups excluding tert-OH is 1. The van der Waals surface area contributed by atoms with Gasteiger partial charge in [-0.1, -0.05) is 11.6 Å². The first-order valence-corrected chi connectivity index (χ1v) is 8.14. The summed E-state index contributed by atoms with van der Waals surface area (Å²) in [5.74, 6) is -1.11. The van der Waals surface area contributed by atoms with Crippen molar-refractivity contribution in [2.45, 2.75) is 13.0 Å². The highest BCUT2D eigenvalue weighted by Crippen LogP contribution is 2.38. The minimum Gasteiger partial charge on any atom is -0.387 e. The molecule has 0 unspecified atom stereocenters. The number of fused-ring (bicyclic) bond motifs is 3. The van der Waals surface area contributed by atoms with Crippen molar-refractivity contribution in [3.63, 3.8) is 0 Å². The highest BCUT2D eigenvalue weighted by atomic mass is 35.5. The molecule has 0 radical (unpaired) electrons. The van der Waals surface area contributed by atoms with Crippen molar-refractivity contribution in [2.24, 2.45) is 7.05 Å². The van der Waals surface area contributed by atoms with E-state index >= 15 is 0 Å². The van der Waals surface area contributed by atoms with E-state index in [4.69, 9.17) is 16.7 Å². The molecule has 0 bridgehead atoms. The maximum Gasteiger partial charge on any atom is 0.248 e. The largest absolute Gasteiger partial charge is 0.387 e. The molecule has 25 heavy (non-hydrogen) atoms. The van der Waals surface area contributed by atoms with Crippen molar-refractivity contribution in [3.8, 4) is 11.4 Å². The number of H-pyrrole nitrogens is 1. The molecule has 7 nitrogen and oxygen atoms in total. The fraction of sp³-hybridized carbons (Fsp3) is 0.312. The van der Waals surface area contributed by atoms with Crippen LogP contribution in [0.4, 0.5) is 4.39 Å². The lowest BCUT2D eigenvalue weighted by Crippen LogP contribution is -2.37. The first-order chi connectivity index (χ1) is 12.0. The normalized spacial score (nSPS) is 14.2. The van der Waals surface area contributed by atoms with Crippen molar-refractivity contribution in [1.29, 1.82) is 0 Å². The summed E-state index contributed by atoms with van der Waals surface area (Å²) < 4.78 is 15.8. The van der Waals surface area contributed by atoms with Gasteiger partial charge in [-0.3, -0.25) is 9.48 Å². The van der Waals surface area contributed by atoms with Crippen molar-refractivity contribution in [2.75, 3.05) is 13.2 Å². The SMILES string of the molecule is Cn1ccc(-c2nc(F)c(Cl)c3[nH]c4c(c23)CN(C(=O)CO)CC4)n1. The predicted molar refractivity (Wildman–Crippen MR) is 89.5 cm³/mol. The Balaban J connectivity index is 1.96. The lowest BCUT2D eigenvalue weighted by atomic mass is 10.0. The van der Waals surface area contributed by atoms with Gasteiger partial charge in [0.1, 0.15) is 23.0 Å². The van der Waals surface area contributed by atoms with Crippen LogP contribution >= 0.6 is 11.6 Å². The van der Waals surface area contributed by atoms with Gasteiger partial charge in [-0.25, -0.2) is 4.98 Å². The van der Waals surface area contributed by atoms with Crippen LogP contribution in [0.15, 0.2) is 12.3 Å². The third kappa shape index (κ3) is 2.49. The van der Waals surface area contributed by atoms with Crippen LogP contribution in [0.25, 0.3) is 22.3 Å². The second-order valence-corrected chi connectivity index (χ2v) is 6.37. The third-order valence-electron chi connectivity index (χ3n) is 4.46. The van der Waals surface area contributed by atoms with Crippen molar-refractivity contribution >= 4 is 28.4 Å². The molecule has 4 rings (SSSR count). The molecule has 2 N–H and O–H groups in total. The van der Waals surface area contributed by atoms with E-state index in [1.807, 2.05) is 0 Å². The quantitative estimate of drug-likeness (QED) is 0.677. The Labute approximate surface area is 147 Å². The molecular weight excluding hydrogens is 349 g/mol. The fourth-order valence-corrected chi connectivity index (χ4v) is 3.45. The summed E-state index contributed by atoms with van der Waals surface area (Å²) in [4.78, 5) is 20.6. The number of aliphatic hydroxyl groups is 1. The summed E-state index contributed by atoms with van der Waals surface area (Å²) in [7, 11) is 1.77. The van der Waals surface area contributed by atoms with Crippen LogP contribution in [0.2, 0.25) is 5.02 Å². The number of pyridine rings is 1. The number of aryl methyl sites for hydroxylation is 1.